The van der Waals surface area contributed by atoms with E-state index in [0.717, 1.165) is 0 Å². The van der Waals surface area contributed by atoms with Crippen molar-refractivity contribution in [3.63, 3.8) is 0 Å². The maximum atomic E-state index is 12.1. The molecule has 2 aromatic rings. The van der Waals surface area contributed by atoms with Gasteiger partial charge in [-0.3, -0.25) is 9.89 Å². The maximum Gasteiger partial charge on any atom is 0.356 e. The van der Waals surface area contributed by atoms with Crippen LogP contribution in [0.25, 0.3) is 5.65 Å². The number of nitrogens with one attached hydrogen (secondary N) is 1. The second kappa shape index (κ2) is 4.64. The molecular formula is C12H15N3O3. The summed E-state index contributed by atoms with van der Waals surface area (Å²) < 4.78 is 6.15. The van der Waals surface area contributed by atoms with Gasteiger partial charge in [-0.2, -0.15) is 0 Å². The third kappa shape index (κ3) is 1.90. The summed E-state index contributed by atoms with van der Waals surface area (Å²) in [6.07, 6.45) is 0.606. The molecule has 2 aromatic heterocycles. The number of fused-ring (bicyclic) bond motifs is 1. The molecule has 0 radical (unpaired) electrons. The van der Waals surface area contributed by atoms with Crippen molar-refractivity contribution in [3.8, 4) is 0 Å². The number of ether oxygens (including phenoxy) is 1. The number of hydrogen-bond donors (Lipinski definition) is 1. The molecule has 2 heterocycles. The Morgan fingerprint density at radius 1 is 1.50 bits per heavy atom. The quantitative estimate of drug-likeness (QED) is 0.825. The lowest BCUT2D eigenvalue weighted by molar-refractivity contribution is 0.0519. The van der Waals surface area contributed by atoms with Crippen molar-refractivity contribution in [2.24, 2.45) is 0 Å². The lowest BCUT2D eigenvalue weighted by atomic mass is 10.2. The molecule has 0 atom stereocenters. The van der Waals surface area contributed by atoms with Crippen molar-refractivity contribution >= 4 is 11.6 Å². The van der Waals surface area contributed by atoms with Crippen molar-refractivity contribution in [3.05, 3.63) is 33.4 Å². The largest absolute Gasteiger partial charge is 0.461 e. The van der Waals surface area contributed by atoms with E-state index in [4.69, 9.17) is 4.74 Å². The van der Waals surface area contributed by atoms with Crippen LogP contribution in [0, 0.1) is 6.92 Å². The van der Waals surface area contributed by atoms with E-state index in [-0.39, 0.29) is 17.9 Å². The van der Waals surface area contributed by atoms with Gasteiger partial charge in [0.15, 0.2) is 5.65 Å². The molecule has 2 rings (SSSR count). The summed E-state index contributed by atoms with van der Waals surface area (Å²) in [6.45, 7) is 5.70. The summed E-state index contributed by atoms with van der Waals surface area (Å²) in [5.74, 6) is -0.488. The van der Waals surface area contributed by atoms with E-state index < -0.39 is 5.97 Å². The lowest BCUT2D eigenvalue weighted by Gasteiger charge is -2.01. The molecule has 0 unspecified atom stereocenters. The zero-order chi connectivity index (χ0) is 13.3. The molecule has 0 fully saturated rings. The summed E-state index contributed by atoms with van der Waals surface area (Å²) in [6, 6.07) is 1.52. The Bertz CT molecular complexity index is 654. The first-order valence-corrected chi connectivity index (χ1v) is 5.86. The summed E-state index contributed by atoms with van der Waals surface area (Å²) in [7, 11) is 0. The minimum Gasteiger partial charge on any atom is -0.461 e. The topological polar surface area (TPSA) is 76.5 Å². The molecule has 0 saturated carbocycles. The molecular weight excluding hydrogens is 234 g/mol. The second-order valence-electron chi connectivity index (χ2n) is 3.92. The van der Waals surface area contributed by atoms with Crippen LogP contribution < -0.4 is 5.56 Å². The van der Waals surface area contributed by atoms with Crippen LogP contribution in [-0.4, -0.2) is 27.2 Å². The average Bonchev–Trinajstić information content (AvgIpc) is 2.74. The first-order valence-electron chi connectivity index (χ1n) is 5.86. The van der Waals surface area contributed by atoms with Crippen molar-refractivity contribution < 1.29 is 9.53 Å². The van der Waals surface area contributed by atoms with E-state index in [0.29, 0.717) is 23.3 Å². The van der Waals surface area contributed by atoms with Crippen LogP contribution in [0.5, 0.6) is 0 Å². The minimum atomic E-state index is -0.488. The summed E-state index contributed by atoms with van der Waals surface area (Å²) in [5, 5.41) is 2.72. The number of H-pyrrole nitrogens is 1. The molecule has 0 bridgehead atoms. The van der Waals surface area contributed by atoms with Gasteiger partial charge in [0.2, 0.25) is 0 Å². The highest BCUT2D eigenvalue weighted by Crippen LogP contribution is 2.07. The number of aromatic amines is 1. The Balaban J connectivity index is 2.62. The first kappa shape index (κ1) is 12.3. The number of rotatable bonds is 3. The minimum absolute atomic E-state index is 0.171. The van der Waals surface area contributed by atoms with Crippen LogP contribution in [0.4, 0.5) is 0 Å². The van der Waals surface area contributed by atoms with E-state index in [2.05, 4.69) is 10.1 Å². The van der Waals surface area contributed by atoms with Gasteiger partial charge in [-0.1, -0.05) is 6.92 Å². The van der Waals surface area contributed by atoms with Gasteiger partial charge in [0, 0.05) is 17.3 Å². The highest BCUT2D eigenvalue weighted by atomic mass is 16.5. The fourth-order valence-electron chi connectivity index (χ4n) is 1.89. The highest BCUT2D eigenvalue weighted by molar-refractivity contribution is 5.88. The summed E-state index contributed by atoms with van der Waals surface area (Å²) >= 11 is 0. The van der Waals surface area contributed by atoms with Crippen molar-refractivity contribution in [1.29, 1.82) is 0 Å². The van der Waals surface area contributed by atoms with Crippen LogP contribution in [0.3, 0.4) is 0 Å². The molecule has 0 spiro atoms. The molecule has 0 aromatic carbocycles. The van der Waals surface area contributed by atoms with Crippen molar-refractivity contribution in [2.45, 2.75) is 27.2 Å². The fourth-order valence-corrected chi connectivity index (χ4v) is 1.89. The number of hydrogen-bond acceptors (Lipinski definition) is 4. The Morgan fingerprint density at radius 2 is 2.22 bits per heavy atom. The Hall–Kier alpha value is -2.11. The Labute approximate surface area is 104 Å². The van der Waals surface area contributed by atoms with Crippen molar-refractivity contribution in [1.82, 2.24) is 14.6 Å². The van der Waals surface area contributed by atoms with E-state index in [1.807, 2.05) is 6.92 Å². The number of carbonyl (C=O) groups excluding carboxylic acids is 1. The standard InChI is InChI=1S/C12H15N3O3/c1-4-8-7(3)13-10-6-9(12(17)18-5-2)14-15(10)11(8)16/h6,14H,4-5H2,1-3H3. The van der Waals surface area contributed by atoms with Crippen LogP contribution in [0.15, 0.2) is 10.9 Å². The van der Waals surface area contributed by atoms with Gasteiger partial charge >= 0.3 is 5.97 Å². The molecule has 0 amide bonds. The van der Waals surface area contributed by atoms with E-state index in [1.165, 1.54) is 10.6 Å². The molecule has 18 heavy (non-hydrogen) atoms. The van der Waals surface area contributed by atoms with Crippen LogP contribution in [0.2, 0.25) is 0 Å². The molecule has 6 heteroatoms. The smallest absolute Gasteiger partial charge is 0.356 e. The normalized spacial score (nSPS) is 10.8. The average molecular weight is 249 g/mol. The molecule has 6 nitrogen and oxygen atoms in total. The Morgan fingerprint density at radius 3 is 2.83 bits per heavy atom. The second-order valence-corrected chi connectivity index (χ2v) is 3.92. The molecule has 1 N–H and O–H groups in total. The molecule has 0 aliphatic rings. The zero-order valence-corrected chi connectivity index (χ0v) is 10.6. The number of esters is 1. The molecule has 0 aliphatic heterocycles. The SMILES string of the molecule is CCOC(=O)c1cc2nc(C)c(CC)c(=O)n2[nH]1. The molecule has 96 valence electrons. The van der Waals surface area contributed by atoms with Gasteiger partial charge in [-0.25, -0.2) is 14.3 Å². The van der Waals surface area contributed by atoms with Crippen LogP contribution >= 0.6 is 0 Å². The predicted octanol–water partition coefficient (Wildman–Crippen LogP) is 1.07. The number of aromatic nitrogens is 3. The summed E-state index contributed by atoms with van der Waals surface area (Å²) in [5.41, 5.74) is 1.82. The van der Waals surface area contributed by atoms with E-state index in [9.17, 15) is 9.59 Å². The van der Waals surface area contributed by atoms with Gasteiger partial charge in [-0.05, 0) is 20.3 Å². The molecule has 0 aliphatic carbocycles. The van der Waals surface area contributed by atoms with Gasteiger partial charge in [0.05, 0.1) is 6.61 Å². The number of aryl methyl sites for hydroxylation is 1. The van der Waals surface area contributed by atoms with Gasteiger partial charge in [0.25, 0.3) is 5.56 Å². The third-order valence-electron chi connectivity index (χ3n) is 2.76. The van der Waals surface area contributed by atoms with Gasteiger partial charge in [-0.15, -0.1) is 0 Å². The lowest BCUT2D eigenvalue weighted by Crippen LogP contribution is -2.21. The first-order chi connectivity index (χ1) is 8.58. The summed E-state index contributed by atoms with van der Waals surface area (Å²) in [4.78, 5) is 28.0. The van der Waals surface area contributed by atoms with Gasteiger partial charge < -0.3 is 4.74 Å². The van der Waals surface area contributed by atoms with E-state index >= 15 is 0 Å². The Kier molecular flexibility index (Phi) is 3.18. The van der Waals surface area contributed by atoms with Crippen LogP contribution in [0.1, 0.15) is 35.6 Å². The number of carbonyl (C=O) groups is 1. The number of nitrogens with zero attached hydrogens (tertiary/aromatic N) is 2. The monoisotopic (exact) mass is 249 g/mol. The van der Waals surface area contributed by atoms with E-state index in [1.54, 1.807) is 13.8 Å². The molecule has 0 saturated heterocycles. The third-order valence-corrected chi connectivity index (χ3v) is 2.76. The highest BCUT2D eigenvalue weighted by Gasteiger charge is 2.14. The predicted molar refractivity (Wildman–Crippen MR) is 65.9 cm³/mol. The maximum absolute atomic E-state index is 12.1. The zero-order valence-electron chi connectivity index (χ0n) is 10.6. The fraction of sp³-hybridized carbons (Fsp3) is 0.417. The van der Waals surface area contributed by atoms with Crippen LogP contribution in [-0.2, 0) is 11.2 Å². The van der Waals surface area contributed by atoms with Gasteiger partial charge in [0.1, 0.15) is 5.69 Å². The van der Waals surface area contributed by atoms with Crippen molar-refractivity contribution in [2.75, 3.05) is 6.61 Å².